The highest BCUT2D eigenvalue weighted by atomic mass is 79.9. The van der Waals surface area contributed by atoms with E-state index in [2.05, 4.69) is 25.9 Å². The molecule has 0 bridgehead atoms. The molecule has 0 spiro atoms. The van der Waals surface area contributed by atoms with Crippen LogP contribution in [0.1, 0.15) is 37.3 Å². The lowest BCUT2D eigenvalue weighted by atomic mass is 10.0. The van der Waals surface area contributed by atoms with E-state index in [9.17, 15) is 4.79 Å². The van der Waals surface area contributed by atoms with Gasteiger partial charge in [-0.25, -0.2) is 4.79 Å². The van der Waals surface area contributed by atoms with Crippen LogP contribution in [-0.4, -0.2) is 9.97 Å². The van der Waals surface area contributed by atoms with Gasteiger partial charge >= 0.3 is 5.69 Å². The summed E-state index contributed by atoms with van der Waals surface area (Å²) in [5.74, 6) is 0.428. The van der Waals surface area contributed by atoms with Crippen molar-refractivity contribution in [2.45, 2.75) is 31.6 Å². The molecule has 1 N–H and O–H groups in total. The third-order valence-electron chi connectivity index (χ3n) is 2.62. The third-order valence-corrected chi connectivity index (χ3v) is 3.93. The first kappa shape index (κ1) is 10.2. The molecule has 1 saturated carbocycles. The number of aromatic nitrogens is 2. The van der Waals surface area contributed by atoms with Gasteiger partial charge in [0.2, 0.25) is 0 Å². The number of hydrogen-bond donors (Lipinski definition) is 1. The Morgan fingerprint density at radius 1 is 1.43 bits per heavy atom. The Balaban J connectivity index is 2.45. The quantitative estimate of drug-likeness (QED) is 0.802. The summed E-state index contributed by atoms with van der Waals surface area (Å²) in [5.41, 5.74) is 0.549. The molecule has 14 heavy (non-hydrogen) atoms. The second-order valence-corrected chi connectivity index (χ2v) is 4.69. The van der Waals surface area contributed by atoms with Crippen molar-refractivity contribution in [1.82, 2.24) is 9.97 Å². The zero-order valence-corrected chi connectivity index (χ0v) is 9.86. The number of hydrogen-bond acceptors (Lipinski definition) is 2. The molecule has 0 saturated heterocycles. The second kappa shape index (κ2) is 4.03. The van der Waals surface area contributed by atoms with Gasteiger partial charge in [0.15, 0.2) is 5.15 Å². The standard InChI is InChI=1S/C9H10BrClN2O/c10-6-7(5-3-1-2-4-5)12-9(14)13-8(6)11/h5H,1-4H2,(H,12,13,14). The highest BCUT2D eigenvalue weighted by molar-refractivity contribution is 9.10. The lowest BCUT2D eigenvalue weighted by Gasteiger charge is -2.11. The summed E-state index contributed by atoms with van der Waals surface area (Å²) in [5, 5.41) is 0.260. The predicted molar refractivity (Wildman–Crippen MR) is 58.8 cm³/mol. The summed E-state index contributed by atoms with van der Waals surface area (Å²) >= 11 is 9.18. The summed E-state index contributed by atoms with van der Waals surface area (Å²) in [4.78, 5) is 17.5. The van der Waals surface area contributed by atoms with Crippen molar-refractivity contribution in [3.05, 3.63) is 25.8 Å². The normalized spacial score (nSPS) is 17.6. The number of nitrogens with one attached hydrogen (secondary N) is 1. The minimum atomic E-state index is -0.361. The Morgan fingerprint density at radius 3 is 2.71 bits per heavy atom. The molecule has 3 nitrogen and oxygen atoms in total. The van der Waals surface area contributed by atoms with E-state index in [1.807, 2.05) is 0 Å². The van der Waals surface area contributed by atoms with Crippen LogP contribution < -0.4 is 5.69 Å². The Morgan fingerprint density at radius 2 is 2.07 bits per heavy atom. The van der Waals surface area contributed by atoms with Crippen molar-refractivity contribution in [2.75, 3.05) is 0 Å². The van der Waals surface area contributed by atoms with E-state index < -0.39 is 0 Å². The molecule has 2 rings (SSSR count). The maximum atomic E-state index is 11.1. The maximum absolute atomic E-state index is 11.1. The first-order valence-electron chi connectivity index (χ1n) is 4.63. The highest BCUT2D eigenvalue weighted by Gasteiger charge is 2.21. The van der Waals surface area contributed by atoms with E-state index in [0.29, 0.717) is 5.92 Å². The average Bonchev–Trinajstić information content (AvgIpc) is 2.63. The largest absolute Gasteiger partial charge is 0.346 e. The van der Waals surface area contributed by atoms with Crippen molar-refractivity contribution < 1.29 is 0 Å². The maximum Gasteiger partial charge on any atom is 0.346 e. The minimum Gasteiger partial charge on any atom is -0.308 e. The molecule has 0 unspecified atom stereocenters. The molecule has 0 radical (unpaired) electrons. The Kier molecular flexibility index (Phi) is 2.93. The zero-order valence-electron chi connectivity index (χ0n) is 7.52. The predicted octanol–water partition coefficient (Wildman–Crippen LogP) is 2.84. The molecule has 1 aromatic rings. The molecule has 1 heterocycles. The van der Waals surface area contributed by atoms with Crippen molar-refractivity contribution in [2.24, 2.45) is 0 Å². The number of nitrogens with zero attached hydrogens (tertiary/aromatic N) is 1. The summed E-state index contributed by atoms with van der Waals surface area (Å²) in [6.45, 7) is 0. The fourth-order valence-corrected chi connectivity index (χ4v) is 2.63. The van der Waals surface area contributed by atoms with Gasteiger partial charge in [-0.2, -0.15) is 4.98 Å². The molecule has 1 fully saturated rings. The van der Waals surface area contributed by atoms with Crippen LogP contribution in [0.2, 0.25) is 5.15 Å². The van der Waals surface area contributed by atoms with Gasteiger partial charge in [-0.3, -0.25) is 0 Å². The van der Waals surface area contributed by atoms with Gasteiger partial charge in [-0.1, -0.05) is 24.4 Å². The Labute approximate surface area is 95.0 Å². The minimum absolute atomic E-state index is 0.260. The van der Waals surface area contributed by atoms with E-state index in [0.717, 1.165) is 23.0 Å². The topological polar surface area (TPSA) is 45.8 Å². The molecular weight excluding hydrogens is 267 g/mol. The fraction of sp³-hybridized carbons (Fsp3) is 0.556. The molecular formula is C9H10BrClN2O. The second-order valence-electron chi connectivity index (χ2n) is 3.54. The van der Waals surface area contributed by atoms with Gasteiger partial charge in [0.1, 0.15) is 0 Å². The SMILES string of the molecule is O=c1nc(Cl)c(Br)c(C2CCCC2)[nH]1. The van der Waals surface area contributed by atoms with Gasteiger partial charge in [0, 0.05) is 11.6 Å². The number of halogens is 2. The molecule has 76 valence electrons. The van der Waals surface area contributed by atoms with Gasteiger partial charge in [0.25, 0.3) is 0 Å². The molecule has 1 aromatic heterocycles. The summed E-state index contributed by atoms with van der Waals surface area (Å²) < 4.78 is 0.741. The van der Waals surface area contributed by atoms with Crippen LogP contribution in [0.3, 0.4) is 0 Å². The van der Waals surface area contributed by atoms with Crippen molar-refractivity contribution in [1.29, 1.82) is 0 Å². The van der Waals surface area contributed by atoms with Gasteiger partial charge < -0.3 is 4.98 Å². The van der Waals surface area contributed by atoms with Crippen LogP contribution in [0.15, 0.2) is 9.27 Å². The molecule has 0 aromatic carbocycles. The molecule has 0 amide bonds. The first-order valence-corrected chi connectivity index (χ1v) is 5.81. The lowest BCUT2D eigenvalue weighted by Crippen LogP contribution is -2.15. The summed E-state index contributed by atoms with van der Waals surface area (Å²) in [7, 11) is 0. The number of H-pyrrole nitrogens is 1. The Bertz CT molecular complexity index is 398. The molecule has 1 aliphatic rings. The van der Waals surface area contributed by atoms with Crippen LogP contribution in [0.5, 0.6) is 0 Å². The third kappa shape index (κ3) is 1.86. The van der Waals surface area contributed by atoms with Crippen LogP contribution >= 0.6 is 27.5 Å². The monoisotopic (exact) mass is 276 g/mol. The van der Waals surface area contributed by atoms with Gasteiger partial charge in [-0.05, 0) is 28.8 Å². The molecule has 0 aliphatic heterocycles. The van der Waals surface area contributed by atoms with E-state index in [1.165, 1.54) is 12.8 Å². The first-order chi connectivity index (χ1) is 6.68. The summed E-state index contributed by atoms with van der Waals surface area (Å²) in [6.07, 6.45) is 4.68. The van der Waals surface area contributed by atoms with Crippen LogP contribution in [0.4, 0.5) is 0 Å². The van der Waals surface area contributed by atoms with Crippen LogP contribution in [0.25, 0.3) is 0 Å². The highest BCUT2D eigenvalue weighted by Crippen LogP contribution is 2.37. The van der Waals surface area contributed by atoms with E-state index in [-0.39, 0.29) is 10.8 Å². The van der Waals surface area contributed by atoms with Gasteiger partial charge in [0.05, 0.1) is 4.47 Å². The fourth-order valence-electron chi connectivity index (χ4n) is 1.94. The average molecular weight is 278 g/mol. The Hall–Kier alpha value is -0.350. The number of aromatic amines is 1. The van der Waals surface area contributed by atoms with E-state index in [4.69, 9.17) is 11.6 Å². The zero-order chi connectivity index (χ0) is 10.1. The summed E-state index contributed by atoms with van der Waals surface area (Å²) in [6, 6.07) is 0. The smallest absolute Gasteiger partial charge is 0.308 e. The van der Waals surface area contributed by atoms with Crippen molar-refractivity contribution in [3.63, 3.8) is 0 Å². The number of rotatable bonds is 1. The van der Waals surface area contributed by atoms with Crippen LogP contribution in [-0.2, 0) is 0 Å². The van der Waals surface area contributed by atoms with E-state index in [1.54, 1.807) is 0 Å². The molecule has 5 heteroatoms. The lowest BCUT2D eigenvalue weighted by molar-refractivity contribution is 0.684. The van der Waals surface area contributed by atoms with Crippen molar-refractivity contribution in [3.8, 4) is 0 Å². The molecule has 1 aliphatic carbocycles. The van der Waals surface area contributed by atoms with Gasteiger partial charge in [-0.15, -0.1) is 0 Å². The van der Waals surface area contributed by atoms with Crippen molar-refractivity contribution >= 4 is 27.5 Å². The molecule has 0 atom stereocenters. The van der Waals surface area contributed by atoms with Crippen LogP contribution in [0, 0.1) is 0 Å². The van der Waals surface area contributed by atoms with E-state index >= 15 is 0 Å².